The van der Waals surface area contributed by atoms with Crippen molar-refractivity contribution < 1.29 is 24.5 Å². The van der Waals surface area contributed by atoms with Crippen LogP contribution in [0.3, 0.4) is 0 Å². The van der Waals surface area contributed by atoms with Crippen molar-refractivity contribution in [1.29, 1.82) is 0 Å². The van der Waals surface area contributed by atoms with Gasteiger partial charge in [-0.2, -0.15) is 0 Å². The van der Waals surface area contributed by atoms with E-state index in [-0.39, 0.29) is 12.2 Å². The Labute approximate surface area is 193 Å². The lowest BCUT2D eigenvalue weighted by Crippen LogP contribution is -2.05. The number of halogens is 1. The minimum Gasteiger partial charge on any atom is -0.478 e. The Balaban J connectivity index is 1.53. The Morgan fingerprint density at radius 3 is 2.09 bits per heavy atom. The van der Waals surface area contributed by atoms with Crippen LogP contribution in [0, 0.1) is 0 Å². The number of fused-ring (bicyclic) bond motifs is 1. The molecule has 0 aliphatic heterocycles. The van der Waals surface area contributed by atoms with Crippen LogP contribution in [0.15, 0.2) is 89.4 Å². The fourth-order valence-corrected chi connectivity index (χ4v) is 3.64. The quantitative estimate of drug-likeness (QED) is 0.336. The zero-order valence-electron chi connectivity index (χ0n) is 16.9. The normalized spacial score (nSPS) is 11.8. The molecule has 0 saturated heterocycles. The van der Waals surface area contributed by atoms with Crippen LogP contribution in [0.1, 0.15) is 43.5 Å². The monoisotopic (exact) mass is 490 g/mol. The van der Waals surface area contributed by atoms with Crippen molar-refractivity contribution in [3.8, 4) is 0 Å². The first kappa shape index (κ1) is 21.7. The zero-order chi connectivity index (χ0) is 22.7. The number of benzene rings is 4. The third-order valence-corrected chi connectivity index (χ3v) is 5.70. The highest BCUT2D eigenvalue weighted by Crippen LogP contribution is 2.27. The summed E-state index contributed by atoms with van der Waals surface area (Å²) in [5.74, 6) is -1.44. The van der Waals surface area contributed by atoms with Gasteiger partial charge in [-0.25, -0.2) is 9.59 Å². The second-order valence-corrected chi connectivity index (χ2v) is 8.27. The molecule has 6 heteroatoms. The third-order valence-electron chi connectivity index (χ3n) is 5.17. The average Bonchev–Trinajstić information content (AvgIpc) is 2.82. The van der Waals surface area contributed by atoms with E-state index < -0.39 is 18.0 Å². The molecule has 0 spiro atoms. The summed E-state index contributed by atoms with van der Waals surface area (Å²) in [7, 11) is 0. The number of aliphatic hydroxyl groups is 1. The number of carbonyl (C=O) groups is 2. The van der Waals surface area contributed by atoms with Gasteiger partial charge in [0.25, 0.3) is 0 Å². The van der Waals surface area contributed by atoms with Crippen LogP contribution in [0.2, 0.25) is 0 Å². The summed E-state index contributed by atoms with van der Waals surface area (Å²) in [5, 5.41) is 21.5. The van der Waals surface area contributed by atoms with E-state index in [1.165, 1.54) is 12.1 Å². The maximum absolute atomic E-state index is 12.5. The number of esters is 1. The lowest BCUT2D eigenvalue weighted by Gasteiger charge is -2.13. The number of carboxylic acids is 1. The molecule has 0 amide bonds. The lowest BCUT2D eigenvalue weighted by atomic mass is 9.97. The highest BCUT2D eigenvalue weighted by molar-refractivity contribution is 9.10. The number of carboxylic acid groups (broad SMARTS) is 1. The summed E-state index contributed by atoms with van der Waals surface area (Å²) >= 11 is 3.38. The number of aliphatic hydroxyl groups excluding tert-OH is 1. The number of ether oxygens (including phenoxy) is 1. The van der Waals surface area contributed by atoms with Crippen molar-refractivity contribution in [1.82, 2.24) is 0 Å². The van der Waals surface area contributed by atoms with Gasteiger partial charge >= 0.3 is 11.9 Å². The van der Waals surface area contributed by atoms with Gasteiger partial charge in [0, 0.05) is 4.47 Å². The molecule has 4 aromatic carbocycles. The van der Waals surface area contributed by atoms with Crippen LogP contribution in [-0.4, -0.2) is 22.2 Å². The van der Waals surface area contributed by atoms with Gasteiger partial charge in [0.15, 0.2) is 0 Å². The van der Waals surface area contributed by atoms with Crippen LogP contribution >= 0.6 is 15.9 Å². The first-order valence-electron chi connectivity index (χ1n) is 9.87. The van der Waals surface area contributed by atoms with E-state index in [2.05, 4.69) is 15.9 Å². The molecule has 0 heterocycles. The standard InChI is InChI=1S/C26H19BrO5/c27-23-11-1-16(2-12-23)15-32-26(31)21-10-4-17-3-9-20(13-22(17)14-21)24(28)18-5-7-19(8-6-18)25(29)30/h1-14,24,28H,15H2,(H,29,30). The SMILES string of the molecule is O=C(O)c1ccc(C(O)c2ccc3ccc(C(=O)OCc4ccc(Br)cc4)cc3c2)cc1. The fourth-order valence-electron chi connectivity index (χ4n) is 3.38. The highest BCUT2D eigenvalue weighted by atomic mass is 79.9. The van der Waals surface area contributed by atoms with Gasteiger partial charge in [-0.05, 0) is 69.9 Å². The van der Waals surface area contributed by atoms with Crippen LogP contribution < -0.4 is 0 Å². The topological polar surface area (TPSA) is 83.8 Å². The van der Waals surface area contributed by atoms with Crippen molar-refractivity contribution >= 4 is 38.6 Å². The molecule has 0 radical (unpaired) electrons. The molecule has 0 saturated carbocycles. The summed E-state index contributed by atoms with van der Waals surface area (Å²) in [4.78, 5) is 23.6. The molecule has 4 rings (SSSR count). The molecule has 1 atom stereocenters. The Kier molecular flexibility index (Phi) is 6.35. The molecule has 32 heavy (non-hydrogen) atoms. The van der Waals surface area contributed by atoms with Gasteiger partial charge in [0.1, 0.15) is 12.7 Å². The lowest BCUT2D eigenvalue weighted by molar-refractivity contribution is 0.0472. The second-order valence-electron chi connectivity index (χ2n) is 7.35. The fraction of sp³-hybridized carbons (Fsp3) is 0.0769. The van der Waals surface area contributed by atoms with Gasteiger partial charge in [0.2, 0.25) is 0 Å². The van der Waals surface area contributed by atoms with Crippen molar-refractivity contribution in [2.75, 3.05) is 0 Å². The predicted octanol–water partition coefficient (Wildman–Crippen LogP) is 5.74. The molecule has 0 bridgehead atoms. The predicted molar refractivity (Wildman–Crippen MR) is 125 cm³/mol. The van der Waals surface area contributed by atoms with Gasteiger partial charge in [0.05, 0.1) is 11.1 Å². The Bertz CT molecular complexity index is 1280. The largest absolute Gasteiger partial charge is 0.478 e. The number of hydrogen-bond acceptors (Lipinski definition) is 4. The van der Waals surface area contributed by atoms with E-state index in [1.807, 2.05) is 48.5 Å². The van der Waals surface area contributed by atoms with Crippen molar-refractivity contribution in [3.63, 3.8) is 0 Å². The maximum Gasteiger partial charge on any atom is 0.338 e. The molecule has 0 aromatic heterocycles. The molecule has 5 nitrogen and oxygen atoms in total. The Morgan fingerprint density at radius 1 is 0.781 bits per heavy atom. The number of rotatable bonds is 6. The maximum atomic E-state index is 12.5. The number of aromatic carboxylic acids is 1. The van der Waals surface area contributed by atoms with Crippen LogP contribution in [0.25, 0.3) is 10.8 Å². The van der Waals surface area contributed by atoms with Crippen LogP contribution in [0.4, 0.5) is 0 Å². The number of carbonyl (C=O) groups excluding carboxylic acids is 1. The zero-order valence-corrected chi connectivity index (χ0v) is 18.5. The van der Waals surface area contributed by atoms with Crippen LogP contribution in [0.5, 0.6) is 0 Å². The summed E-state index contributed by atoms with van der Waals surface area (Å²) < 4.78 is 6.39. The third kappa shape index (κ3) is 4.88. The molecule has 0 fully saturated rings. The molecular formula is C26H19BrO5. The molecule has 0 aliphatic rings. The van der Waals surface area contributed by atoms with Crippen molar-refractivity contribution in [2.45, 2.75) is 12.7 Å². The Morgan fingerprint density at radius 2 is 1.41 bits per heavy atom. The summed E-state index contributed by atoms with van der Waals surface area (Å²) in [6, 6.07) is 24.4. The van der Waals surface area contributed by atoms with E-state index in [0.29, 0.717) is 16.7 Å². The molecule has 1 unspecified atom stereocenters. The summed E-state index contributed by atoms with van der Waals surface area (Å²) in [6.07, 6.45) is -0.921. The number of hydrogen-bond donors (Lipinski definition) is 2. The van der Waals surface area contributed by atoms with E-state index >= 15 is 0 Å². The van der Waals surface area contributed by atoms with Crippen LogP contribution in [-0.2, 0) is 11.3 Å². The van der Waals surface area contributed by atoms with Gasteiger partial charge < -0.3 is 14.9 Å². The Hall–Kier alpha value is -3.48. The summed E-state index contributed by atoms with van der Waals surface area (Å²) in [5.41, 5.74) is 2.69. The average molecular weight is 491 g/mol. The minimum absolute atomic E-state index is 0.158. The van der Waals surface area contributed by atoms with E-state index in [0.717, 1.165) is 20.8 Å². The van der Waals surface area contributed by atoms with Gasteiger partial charge in [-0.15, -0.1) is 0 Å². The van der Waals surface area contributed by atoms with Crippen molar-refractivity contribution in [3.05, 3.63) is 117 Å². The molecular weight excluding hydrogens is 472 g/mol. The molecule has 4 aromatic rings. The first-order chi connectivity index (χ1) is 15.4. The van der Waals surface area contributed by atoms with E-state index in [4.69, 9.17) is 9.84 Å². The van der Waals surface area contributed by atoms with E-state index in [9.17, 15) is 14.7 Å². The molecule has 0 aliphatic carbocycles. The van der Waals surface area contributed by atoms with Gasteiger partial charge in [-0.3, -0.25) is 0 Å². The van der Waals surface area contributed by atoms with Gasteiger partial charge in [-0.1, -0.05) is 58.4 Å². The first-order valence-corrected chi connectivity index (χ1v) is 10.7. The minimum atomic E-state index is -1.02. The molecule has 2 N–H and O–H groups in total. The smallest absolute Gasteiger partial charge is 0.338 e. The molecule has 160 valence electrons. The van der Waals surface area contributed by atoms with Crippen molar-refractivity contribution in [2.24, 2.45) is 0 Å². The highest BCUT2D eigenvalue weighted by Gasteiger charge is 2.14. The van der Waals surface area contributed by atoms with E-state index in [1.54, 1.807) is 24.3 Å². The summed E-state index contributed by atoms with van der Waals surface area (Å²) in [6.45, 7) is 0.176. The second kappa shape index (κ2) is 9.34.